The summed E-state index contributed by atoms with van der Waals surface area (Å²) in [6.45, 7) is 1.96. The number of rotatable bonds is 3. The number of alkyl halides is 3. The molecule has 0 atom stereocenters. The van der Waals surface area contributed by atoms with Crippen molar-refractivity contribution in [2.24, 2.45) is 0 Å². The molecule has 7 heteroatoms. The lowest BCUT2D eigenvalue weighted by Crippen LogP contribution is -2.18. The van der Waals surface area contributed by atoms with Crippen molar-refractivity contribution in [1.82, 2.24) is 0 Å². The van der Waals surface area contributed by atoms with Crippen molar-refractivity contribution < 1.29 is 22.3 Å². The van der Waals surface area contributed by atoms with Gasteiger partial charge in [-0.1, -0.05) is 42.5 Å². The molecule has 0 aliphatic carbocycles. The van der Waals surface area contributed by atoms with Gasteiger partial charge in [-0.2, -0.15) is 0 Å². The Morgan fingerprint density at radius 1 is 0.852 bits per heavy atom. The van der Waals surface area contributed by atoms with Gasteiger partial charge in [-0.3, -0.25) is 3.11 Å². The number of benzene rings is 3. The normalized spacial score (nSPS) is 11.9. The highest BCUT2D eigenvalue weighted by molar-refractivity contribution is 14.1. The van der Waals surface area contributed by atoms with Crippen molar-refractivity contribution in [1.29, 1.82) is 0 Å². The zero-order chi connectivity index (χ0) is 19.2. The van der Waals surface area contributed by atoms with E-state index in [1.54, 1.807) is 21.3 Å². The van der Waals surface area contributed by atoms with Gasteiger partial charge in [0.05, 0.1) is 34.2 Å². The molecule has 0 unspecified atom stereocenters. The Labute approximate surface area is 166 Å². The van der Waals surface area contributed by atoms with Gasteiger partial charge in [0.25, 0.3) is 0 Å². The Morgan fingerprint density at radius 3 is 2.22 bits per heavy atom. The van der Waals surface area contributed by atoms with Crippen LogP contribution in [0.3, 0.4) is 0 Å². The van der Waals surface area contributed by atoms with E-state index in [9.17, 15) is 13.2 Å². The van der Waals surface area contributed by atoms with Crippen LogP contribution in [0.25, 0.3) is 21.9 Å². The summed E-state index contributed by atoms with van der Waals surface area (Å²) in [7, 11) is 0. The summed E-state index contributed by atoms with van der Waals surface area (Å²) in [5.74, 6) is -0.274. The SMILES string of the molecule is Cc1cccc2c1oc1c(N(I)c3ccccc3OC(F)(F)F)cccc12. The molecule has 4 aromatic rings. The van der Waals surface area contributed by atoms with Crippen LogP contribution in [0.2, 0.25) is 0 Å². The molecule has 3 aromatic carbocycles. The summed E-state index contributed by atoms with van der Waals surface area (Å²) in [4.78, 5) is 0. The van der Waals surface area contributed by atoms with E-state index in [4.69, 9.17) is 4.42 Å². The first-order valence-electron chi connectivity index (χ1n) is 8.07. The Hall–Kier alpha value is -2.42. The Balaban J connectivity index is 1.88. The fourth-order valence-corrected chi connectivity index (χ4v) is 3.84. The highest BCUT2D eigenvalue weighted by Gasteiger charge is 2.33. The molecule has 0 N–H and O–H groups in total. The molecular formula is C20H13F3INO2. The van der Waals surface area contributed by atoms with Crippen LogP contribution < -0.4 is 7.85 Å². The summed E-state index contributed by atoms with van der Waals surface area (Å²) in [6.07, 6.45) is -4.77. The molecule has 27 heavy (non-hydrogen) atoms. The van der Waals surface area contributed by atoms with E-state index >= 15 is 0 Å². The molecule has 0 saturated carbocycles. The van der Waals surface area contributed by atoms with Crippen LogP contribution in [0.4, 0.5) is 24.5 Å². The number of para-hydroxylation sites is 4. The average Bonchev–Trinajstić information content (AvgIpc) is 3.01. The maximum Gasteiger partial charge on any atom is 0.573 e. The molecule has 0 aliphatic heterocycles. The second-order valence-corrected chi connectivity index (χ2v) is 6.97. The van der Waals surface area contributed by atoms with Crippen molar-refractivity contribution in [3.63, 3.8) is 0 Å². The zero-order valence-electron chi connectivity index (χ0n) is 14.0. The van der Waals surface area contributed by atoms with Crippen LogP contribution in [0, 0.1) is 6.92 Å². The van der Waals surface area contributed by atoms with Gasteiger partial charge in [0.1, 0.15) is 5.58 Å². The number of anilines is 2. The highest BCUT2D eigenvalue weighted by Crippen LogP contribution is 2.43. The lowest BCUT2D eigenvalue weighted by atomic mass is 10.1. The van der Waals surface area contributed by atoms with Crippen molar-refractivity contribution in [3.05, 3.63) is 66.2 Å². The molecule has 1 heterocycles. The van der Waals surface area contributed by atoms with Gasteiger partial charge in [0.2, 0.25) is 0 Å². The highest BCUT2D eigenvalue weighted by atomic mass is 127. The van der Waals surface area contributed by atoms with Crippen molar-refractivity contribution in [3.8, 4) is 5.75 Å². The molecule has 0 aliphatic rings. The number of ether oxygens (including phenoxy) is 1. The van der Waals surface area contributed by atoms with E-state index in [0.29, 0.717) is 11.3 Å². The summed E-state index contributed by atoms with van der Waals surface area (Å²) in [5.41, 5.74) is 3.29. The summed E-state index contributed by atoms with van der Waals surface area (Å²) in [6, 6.07) is 17.5. The Bertz CT molecular complexity index is 1140. The van der Waals surface area contributed by atoms with Crippen LogP contribution >= 0.6 is 22.9 Å². The number of hydrogen-bond donors (Lipinski definition) is 0. The molecule has 0 radical (unpaired) electrons. The third-order valence-electron chi connectivity index (χ3n) is 4.21. The van der Waals surface area contributed by atoms with Gasteiger partial charge in [-0.05, 0) is 30.7 Å². The lowest BCUT2D eigenvalue weighted by Gasteiger charge is -2.20. The molecule has 1 aromatic heterocycles. The maximum atomic E-state index is 12.8. The monoisotopic (exact) mass is 483 g/mol. The number of nitrogens with zero attached hydrogens (tertiary/aromatic N) is 1. The quantitative estimate of drug-likeness (QED) is 0.226. The molecule has 4 rings (SSSR count). The molecule has 0 amide bonds. The Morgan fingerprint density at radius 2 is 1.48 bits per heavy atom. The van der Waals surface area contributed by atoms with E-state index in [0.717, 1.165) is 21.9 Å². The first kappa shape index (κ1) is 18.0. The van der Waals surface area contributed by atoms with Gasteiger partial charge >= 0.3 is 6.36 Å². The van der Waals surface area contributed by atoms with Crippen molar-refractivity contribution in [2.75, 3.05) is 3.11 Å². The summed E-state index contributed by atoms with van der Waals surface area (Å²) in [5, 5.41) is 1.87. The fourth-order valence-electron chi connectivity index (χ4n) is 3.06. The molecule has 3 nitrogen and oxygen atoms in total. The van der Waals surface area contributed by atoms with Crippen molar-refractivity contribution in [2.45, 2.75) is 13.3 Å². The molecule has 138 valence electrons. The Kier molecular flexibility index (Phi) is 4.41. The van der Waals surface area contributed by atoms with Gasteiger partial charge in [0.15, 0.2) is 11.3 Å². The molecule has 0 bridgehead atoms. The number of halogens is 4. The minimum absolute atomic E-state index is 0.274. The lowest BCUT2D eigenvalue weighted by molar-refractivity contribution is -0.274. The number of aryl methyl sites for hydroxylation is 1. The van der Waals surface area contributed by atoms with Gasteiger partial charge in [-0.15, -0.1) is 13.2 Å². The van der Waals surface area contributed by atoms with E-state index < -0.39 is 6.36 Å². The van der Waals surface area contributed by atoms with Crippen LogP contribution in [0.15, 0.2) is 65.1 Å². The van der Waals surface area contributed by atoms with Crippen LogP contribution in [-0.4, -0.2) is 6.36 Å². The summed E-state index contributed by atoms with van der Waals surface area (Å²) >= 11 is 1.96. The van der Waals surface area contributed by atoms with Crippen molar-refractivity contribution >= 4 is 56.2 Å². The third-order valence-corrected chi connectivity index (χ3v) is 5.25. The molecule has 0 spiro atoms. The predicted octanol–water partition coefficient (Wildman–Crippen LogP) is 7.28. The van der Waals surface area contributed by atoms with Gasteiger partial charge in [-0.25, -0.2) is 0 Å². The number of furan rings is 1. The van der Waals surface area contributed by atoms with Gasteiger partial charge < -0.3 is 9.15 Å². The maximum absolute atomic E-state index is 12.8. The number of hydrogen-bond acceptors (Lipinski definition) is 3. The average molecular weight is 483 g/mol. The van der Waals surface area contributed by atoms with Gasteiger partial charge in [0, 0.05) is 10.8 Å². The molecule has 0 fully saturated rings. The topological polar surface area (TPSA) is 25.6 Å². The van der Waals surface area contributed by atoms with E-state index in [2.05, 4.69) is 4.74 Å². The number of fused-ring (bicyclic) bond motifs is 3. The van der Waals surface area contributed by atoms with Crippen LogP contribution in [0.5, 0.6) is 5.75 Å². The predicted molar refractivity (Wildman–Crippen MR) is 108 cm³/mol. The zero-order valence-corrected chi connectivity index (χ0v) is 16.2. The van der Waals surface area contributed by atoms with E-state index in [1.807, 2.05) is 60.1 Å². The second kappa shape index (κ2) is 6.63. The van der Waals surface area contributed by atoms with Crippen LogP contribution in [-0.2, 0) is 0 Å². The molecule has 0 saturated heterocycles. The summed E-state index contributed by atoms with van der Waals surface area (Å²) < 4.78 is 50.2. The van der Waals surface area contributed by atoms with E-state index in [-0.39, 0.29) is 11.4 Å². The largest absolute Gasteiger partial charge is 0.573 e. The first-order chi connectivity index (χ1) is 12.8. The minimum atomic E-state index is -4.77. The fraction of sp³-hybridized carbons (Fsp3) is 0.100. The minimum Gasteiger partial charge on any atom is -0.454 e. The first-order valence-corrected chi connectivity index (χ1v) is 9.03. The third kappa shape index (κ3) is 3.31. The standard InChI is InChI=1S/C20H13F3INO2/c1-12-6-4-7-13-14-8-5-10-16(19(14)26-18(12)13)25(24)15-9-2-3-11-17(15)27-20(21,22)23/h2-11H,1H3. The molecular weight excluding hydrogens is 470 g/mol. The smallest absolute Gasteiger partial charge is 0.454 e. The van der Waals surface area contributed by atoms with Crippen LogP contribution in [0.1, 0.15) is 5.56 Å². The van der Waals surface area contributed by atoms with E-state index in [1.165, 1.54) is 12.1 Å². The second-order valence-electron chi connectivity index (χ2n) is 6.00.